The lowest BCUT2D eigenvalue weighted by atomic mass is 10.2. The number of amides is 1. The number of aryl methyl sites for hydroxylation is 1. The largest absolute Gasteiger partial charge is 0.373 e. The Kier molecular flexibility index (Phi) is 4.80. The number of carbonyl (C=O) groups is 1. The van der Waals surface area contributed by atoms with E-state index in [0.29, 0.717) is 20.9 Å². The van der Waals surface area contributed by atoms with Crippen LogP contribution in [0.4, 0.5) is 10.8 Å². The maximum atomic E-state index is 12.0. The predicted octanol–water partition coefficient (Wildman–Crippen LogP) is 3.59. The molecule has 0 saturated carbocycles. The highest BCUT2D eigenvalue weighted by molar-refractivity contribution is 7.15. The summed E-state index contributed by atoms with van der Waals surface area (Å²) in [5.41, 5.74) is 0.646. The lowest BCUT2D eigenvalue weighted by Crippen LogP contribution is -2.31. The number of benzene rings is 1. The minimum absolute atomic E-state index is 0.216. The van der Waals surface area contributed by atoms with Crippen molar-refractivity contribution in [3.63, 3.8) is 0 Å². The highest BCUT2D eigenvalue weighted by Gasteiger charge is 2.15. The summed E-state index contributed by atoms with van der Waals surface area (Å²) < 4.78 is 0. The van der Waals surface area contributed by atoms with Gasteiger partial charge in [0.2, 0.25) is 11.0 Å². The molecule has 20 heavy (non-hydrogen) atoms. The molecule has 0 unspecified atom stereocenters. The van der Waals surface area contributed by atoms with Gasteiger partial charge in [-0.15, -0.1) is 10.2 Å². The molecule has 0 radical (unpaired) electrons. The number of nitrogens with zero attached hydrogens (tertiary/aromatic N) is 2. The van der Waals surface area contributed by atoms with Crippen molar-refractivity contribution >= 4 is 51.3 Å². The molecule has 1 heterocycles. The van der Waals surface area contributed by atoms with Crippen molar-refractivity contribution in [3.8, 4) is 0 Å². The van der Waals surface area contributed by atoms with E-state index in [4.69, 9.17) is 23.2 Å². The second kappa shape index (κ2) is 6.39. The Morgan fingerprint density at radius 1 is 1.35 bits per heavy atom. The third kappa shape index (κ3) is 3.82. The van der Waals surface area contributed by atoms with Crippen LogP contribution in [0.3, 0.4) is 0 Å². The maximum absolute atomic E-state index is 12.0. The van der Waals surface area contributed by atoms with Crippen LogP contribution in [0.15, 0.2) is 18.2 Å². The molecule has 0 bridgehead atoms. The zero-order valence-corrected chi connectivity index (χ0v) is 13.1. The van der Waals surface area contributed by atoms with Crippen LogP contribution >= 0.6 is 34.5 Å². The fourth-order valence-corrected chi connectivity index (χ4v) is 2.52. The molecule has 0 aliphatic carbocycles. The summed E-state index contributed by atoms with van der Waals surface area (Å²) in [6.45, 7) is 3.55. The van der Waals surface area contributed by atoms with Crippen LogP contribution in [-0.2, 0) is 4.79 Å². The summed E-state index contributed by atoms with van der Waals surface area (Å²) in [4.78, 5) is 12.0. The summed E-state index contributed by atoms with van der Waals surface area (Å²) in [7, 11) is 0. The fraction of sp³-hybridized carbons (Fsp3) is 0.250. The number of hydrogen-bond donors (Lipinski definition) is 2. The van der Waals surface area contributed by atoms with Crippen molar-refractivity contribution in [1.29, 1.82) is 0 Å². The predicted molar refractivity (Wildman–Crippen MR) is 82.8 cm³/mol. The second-order valence-corrected chi connectivity index (χ2v) is 6.13. The van der Waals surface area contributed by atoms with Crippen molar-refractivity contribution in [2.45, 2.75) is 19.9 Å². The van der Waals surface area contributed by atoms with Crippen molar-refractivity contribution < 1.29 is 4.79 Å². The first-order chi connectivity index (χ1) is 9.45. The molecule has 1 aromatic carbocycles. The molecule has 1 atom stereocenters. The average Bonchev–Trinajstić information content (AvgIpc) is 2.78. The quantitative estimate of drug-likeness (QED) is 0.898. The van der Waals surface area contributed by atoms with Gasteiger partial charge in [0, 0.05) is 5.02 Å². The molecule has 106 valence electrons. The lowest BCUT2D eigenvalue weighted by Gasteiger charge is -2.15. The number of anilines is 2. The van der Waals surface area contributed by atoms with Crippen LogP contribution in [0, 0.1) is 6.92 Å². The molecule has 0 fully saturated rings. The van der Waals surface area contributed by atoms with E-state index < -0.39 is 6.04 Å². The Labute approximate surface area is 130 Å². The van der Waals surface area contributed by atoms with Gasteiger partial charge in [0.15, 0.2) is 0 Å². The first-order valence-electron chi connectivity index (χ1n) is 5.78. The number of aromatic nitrogens is 2. The molecule has 1 aromatic heterocycles. The zero-order valence-electron chi connectivity index (χ0n) is 10.8. The fourth-order valence-electron chi connectivity index (χ4n) is 1.47. The lowest BCUT2D eigenvalue weighted by molar-refractivity contribution is -0.116. The molecule has 2 rings (SSSR count). The molecule has 1 amide bonds. The summed E-state index contributed by atoms with van der Waals surface area (Å²) in [6, 6.07) is 4.57. The molecule has 0 aliphatic rings. The zero-order chi connectivity index (χ0) is 14.7. The van der Waals surface area contributed by atoms with E-state index in [2.05, 4.69) is 20.8 Å². The van der Waals surface area contributed by atoms with Gasteiger partial charge in [-0.1, -0.05) is 34.5 Å². The Morgan fingerprint density at radius 2 is 2.10 bits per heavy atom. The highest BCUT2D eigenvalue weighted by Crippen LogP contribution is 2.26. The molecule has 2 N–H and O–H groups in total. The Hall–Kier alpha value is -1.37. The van der Waals surface area contributed by atoms with Crippen LogP contribution in [-0.4, -0.2) is 22.1 Å². The van der Waals surface area contributed by atoms with Gasteiger partial charge >= 0.3 is 0 Å². The van der Waals surface area contributed by atoms with E-state index in [9.17, 15) is 4.79 Å². The van der Waals surface area contributed by atoms with Gasteiger partial charge in [-0.3, -0.25) is 10.1 Å². The molecule has 0 saturated heterocycles. The smallest absolute Gasteiger partial charge is 0.248 e. The Balaban J connectivity index is 2.00. The van der Waals surface area contributed by atoms with Gasteiger partial charge in [-0.25, -0.2) is 0 Å². The number of carbonyl (C=O) groups excluding carboxylic acids is 1. The van der Waals surface area contributed by atoms with E-state index in [1.165, 1.54) is 11.3 Å². The molecule has 5 nitrogen and oxygen atoms in total. The van der Waals surface area contributed by atoms with E-state index in [1.54, 1.807) is 25.1 Å². The van der Waals surface area contributed by atoms with E-state index in [-0.39, 0.29) is 5.91 Å². The highest BCUT2D eigenvalue weighted by atomic mass is 35.5. The molecule has 2 aromatic rings. The standard InChI is InChI=1S/C12H12Cl2N4OS/c1-6(11(19)16-12-18-17-7(2)20-12)15-10-4-3-8(13)5-9(10)14/h3-6,15H,1-2H3,(H,16,18,19)/t6-/m1/s1. The van der Waals surface area contributed by atoms with Crippen LogP contribution < -0.4 is 10.6 Å². The van der Waals surface area contributed by atoms with E-state index >= 15 is 0 Å². The van der Waals surface area contributed by atoms with Crippen LogP contribution in [0.5, 0.6) is 0 Å². The summed E-state index contributed by atoms with van der Waals surface area (Å²) in [6.07, 6.45) is 0. The second-order valence-electron chi connectivity index (χ2n) is 4.11. The first kappa shape index (κ1) is 15.0. The molecule has 0 aliphatic heterocycles. The first-order valence-corrected chi connectivity index (χ1v) is 7.35. The summed E-state index contributed by atoms with van der Waals surface area (Å²) in [5.74, 6) is -0.216. The monoisotopic (exact) mass is 330 g/mol. The number of rotatable bonds is 4. The Bertz CT molecular complexity index is 632. The van der Waals surface area contributed by atoms with E-state index in [0.717, 1.165) is 5.01 Å². The summed E-state index contributed by atoms with van der Waals surface area (Å²) >= 11 is 13.2. The molecular weight excluding hydrogens is 319 g/mol. The van der Waals surface area contributed by atoms with Crippen LogP contribution in [0.1, 0.15) is 11.9 Å². The number of halogens is 2. The molecule has 8 heteroatoms. The van der Waals surface area contributed by atoms with Gasteiger partial charge in [0.1, 0.15) is 11.0 Å². The Morgan fingerprint density at radius 3 is 2.70 bits per heavy atom. The van der Waals surface area contributed by atoms with Gasteiger partial charge in [-0.05, 0) is 32.0 Å². The third-order valence-corrected chi connectivity index (χ3v) is 3.75. The van der Waals surface area contributed by atoms with Crippen molar-refractivity contribution in [3.05, 3.63) is 33.3 Å². The third-order valence-electron chi connectivity index (χ3n) is 2.45. The van der Waals surface area contributed by atoms with Crippen LogP contribution in [0.2, 0.25) is 10.0 Å². The van der Waals surface area contributed by atoms with Crippen molar-refractivity contribution in [2.75, 3.05) is 10.6 Å². The van der Waals surface area contributed by atoms with Gasteiger partial charge < -0.3 is 5.32 Å². The van der Waals surface area contributed by atoms with Crippen LogP contribution in [0.25, 0.3) is 0 Å². The minimum Gasteiger partial charge on any atom is -0.373 e. The number of nitrogens with one attached hydrogen (secondary N) is 2. The van der Waals surface area contributed by atoms with Gasteiger partial charge in [-0.2, -0.15) is 0 Å². The van der Waals surface area contributed by atoms with Gasteiger partial charge in [0.05, 0.1) is 10.7 Å². The SMILES string of the molecule is Cc1nnc(NC(=O)[C@@H](C)Nc2ccc(Cl)cc2Cl)s1. The molecular formula is C12H12Cl2N4OS. The summed E-state index contributed by atoms with van der Waals surface area (Å²) in [5, 5.41) is 15.7. The molecule has 0 spiro atoms. The van der Waals surface area contributed by atoms with Crippen molar-refractivity contribution in [1.82, 2.24) is 10.2 Å². The topological polar surface area (TPSA) is 66.9 Å². The normalized spacial score (nSPS) is 12.0. The maximum Gasteiger partial charge on any atom is 0.248 e. The average molecular weight is 331 g/mol. The van der Waals surface area contributed by atoms with Gasteiger partial charge in [0.25, 0.3) is 0 Å². The van der Waals surface area contributed by atoms with E-state index in [1.807, 2.05) is 6.92 Å². The van der Waals surface area contributed by atoms with Crippen molar-refractivity contribution in [2.24, 2.45) is 0 Å². The minimum atomic E-state index is -0.474. The number of hydrogen-bond acceptors (Lipinski definition) is 5.